The minimum Gasteiger partial charge on any atom is -0.351 e. The van der Waals surface area contributed by atoms with Gasteiger partial charge in [0.15, 0.2) is 5.78 Å². The fourth-order valence-corrected chi connectivity index (χ4v) is 3.21. The average molecular weight is 345 g/mol. The first kappa shape index (κ1) is 17.7. The number of Topliss-reactive ketones (excluding diaryl/α,β-unsaturated/α-hetero) is 1. The predicted octanol–water partition coefficient (Wildman–Crippen LogP) is 3.46. The van der Waals surface area contributed by atoms with Crippen LogP contribution in [0.2, 0.25) is 0 Å². The first-order chi connectivity index (χ1) is 11.3. The highest BCUT2D eigenvalue weighted by atomic mass is 32.1. The van der Waals surface area contributed by atoms with E-state index < -0.39 is 6.03 Å². The van der Waals surface area contributed by atoms with Crippen LogP contribution in [0, 0.1) is 13.8 Å². The highest BCUT2D eigenvalue weighted by Crippen LogP contribution is 2.22. The van der Waals surface area contributed by atoms with Crippen LogP contribution in [-0.4, -0.2) is 17.7 Å². The molecule has 6 nitrogen and oxygen atoms in total. The molecule has 0 aliphatic heterocycles. The van der Waals surface area contributed by atoms with Gasteiger partial charge in [0.1, 0.15) is 0 Å². The molecule has 0 radical (unpaired) electrons. The van der Waals surface area contributed by atoms with E-state index in [0.717, 1.165) is 9.75 Å². The minimum absolute atomic E-state index is 0.0204. The molecule has 1 heterocycles. The fraction of sp³-hybridized carbons (Fsp3) is 0.235. The summed E-state index contributed by atoms with van der Waals surface area (Å²) < 4.78 is 0. The van der Waals surface area contributed by atoms with Crippen molar-refractivity contribution in [2.75, 3.05) is 10.6 Å². The van der Waals surface area contributed by atoms with Crippen molar-refractivity contribution >= 4 is 40.4 Å². The molecule has 0 atom stereocenters. The standard InChI is InChI=1S/C17H19N3O3S/c1-10-9-14(11(2)24-10)15(21)7-8-16(22)19-12-3-5-13(6-4-12)20-17(18)23/h3-6,9H,7-8H2,1-2H3,(H,19,22)(H3,18,20,23). The van der Waals surface area contributed by atoms with E-state index in [1.165, 1.54) is 0 Å². The molecule has 1 aromatic carbocycles. The Hall–Kier alpha value is -2.67. The van der Waals surface area contributed by atoms with Crippen molar-refractivity contribution in [1.29, 1.82) is 0 Å². The lowest BCUT2D eigenvalue weighted by Crippen LogP contribution is -2.19. The lowest BCUT2D eigenvalue weighted by molar-refractivity contribution is -0.116. The maximum atomic E-state index is 12.2. The van der Waals surface area contributed by atoms with E-state index in [4.69, 9.17) is 5.73 Å². The lowest BCUT2D eigenvalue weighted by Gasteiger charge is -2.06. The van der Waals surface area contributed by atoms with Gasteiger partial charge in [-0.3, -0.25) is 9.59 Å². The number of ketones is 1. The van der Waals surface area contributed by atoms with Gasteiger partial charge in [0.25, 0.3) is 0 Å². The summed E-state index contributed by atoms with van der Waals surface area (Å²) in [7, 11) is 0. The first-order valence-corrected chi connectivity index (χ1v) is 8.23. The van der Waals surface area contributed by atoms with E-state index in [1.54, 1.807) is 35.6 Å². The van der Waals surface area contributed by atoms with Gasteiger partial charge < -0.3 is 16.4 Å². The van der Waals surface area contributed by atoms with Crippen LogP contribution in [0.4, 0.5) is 16.2 Å². The number of carbonyl (C=O) groups excluding carboxylic acids is 3. The van der Waals surface area contributed by atoms with Crippen molar-refractivity contribution < 1.29 is 14.4 Å². The third-order valence-corrected chi connectivity index (χ3v) is 4.32. The molecule has 0 bridgehead atoms. The number of benzene rings is 1. The highest BCUT2D eigenvalue weighted by molar-refractivity contribution is 7.12. The largest absolute Gasteiger partial charge is 0.351 e. The third-order valence-electron chi connectivity index (χ3n) is 3.36. The number of thiophene rings is 1. The van der Waals surface area contributed by atoms with Crippen LogP contribution in [0.25, 0.3) is 0 Å². The number of hydrogen-bond acceptors (Lipinski definition) is 4. The first-order valence-electron chi connectivity index (χ1n) is 7.42. The van der Waals surface area contributed by atoms with Crippen LogP contribution in [0.3, 0.4) is 0 Å². The van der Waals surface area contributed by atoms with Crippen molar-refractivity contribution in [3.8, 4) is 0 Å². The molecule has 3 amide bonds. The molecular weight excluding hydrogens is 326 g/mol. The van der Waals surface area contributed by atoms with Crippen molar-refractivity contribution in [2.45, 2.75) is 26.7 Å². The summed E-state index contributed by atoms with van der Waals surface area (Å²) in [5.41, 5.74) is 6.85. The van der Waals surface area contributed by atoms with E-state index in [2.05, 4.69) is 10.6 Å². The normalized spacial score (nSPS) is 10.2. The number of anilines is 2. The van der Waals surface area contributed by atoms with Crippen LogP contribution >= 0.6 is 11.3 Å². The van der Waals surface area contributed by atoms with Gasteiger partial charge in [0.05, 0.1) is 0 Å². The fourth-order valence-electron chi connectivity index (χ4n) is 2.27. The molecule has 1 aromatic heterocycles. The van der Waals surface area contributed by atoms with Crippen LogP contribution in [0.5, 0.6) is 0 Å². The van der Waals surface area contributed by atoms with Crippen LogP contribution < -0.4 is 16.4 Å². The van der Waals surface area contributed by atoms with Gasteiger partial charge in [0.2, 0.25) is 5.91 Å². The van der Waals surface area contributed by atoms with Gasteiger partial charge in [0, 0.05) is 39.5 Å². The summed E-state index contributed by atoms with van der Waals surface area (Å²) in [6, 6.07) is 7.77. The molecule has 126 valence electrons. The zero-order valence-electron chi connectivity index (χ0n) is 13.5. The van der Waals surface area contributed by atoms with Crippen LogP contribution in [0.1, 0.15) is 33.0 Å². The molecule has 2 rings (SSSR count). The van der Waals surface area contributed by atoms with Gasteiger partial charge in [-0.25, -0.2) is 4.79 Å². The zero-order chi connectivity index (χ0) is 17.7. The molecule has 0 fully saturated rings. The molecule has 2 aromatic rings. The number of rotatable bonds is 6. The number of primary amides is 1. The van der Waals surface area contributed by atoms with Crippen molar-refractivity contribution in [1.82, 2.24) is 0 Å². The van der Waals surface area contributed by atoms with E-state index in [9.17, 15) is 14.4 Å². The second-order valence-corrected chi connectivity index (χ2v) is 6.83. The Labute approximate surface area is 144 Å². The number of hydrogen-bond donors (Lipinski definition) is 3. The van der Waals surface area contributed by atoms with E-state index in [-0.39, 0.29) is 24.5 Å². The van der Waals surface area contributed by atoms with Gasteiger partial charge in [-0.1, -0.05) is 0 Å². The molecule has 0 saturated carbocycles. The van der Waals surface area contributed by atoms with E-state index in [0.29, 0.717) is 16.9 Å². The molecule has 24 heavy (non-hydrogen) atoms. The SMILES string of the molecule is Cc1cc(C(=O)CCC(=O)Nc2ccc(NC(N)=O)cc2)c(C)s1. The Kier molecular flexibility index (Phi) is 5.70. The molecule has 4 N–H and O–H groups in total. The van der Waals surface area contributed by atoms with Crippen molar-refractivity contribution in [3.05, 3.63) is 45.6 Å². The molecule has 0 spiro atoms. The third kappa shape index (κ3) is 4.92. The molecule has 0 aliphatic rings. The topological polar surface area (TPSA) is 101 Å². The number of nitrogens with two attached hydrogens (primary N) is 1. The smallest absolute Gasteiger partial charge is 0.316 e. The number of amides is 3. The van der Waals surface area contributed by atoms with E-state index in [1.807, 2.05) is 19.9 Å². The number of urea groups is 1. The molecule has 7 heteroatoms. The second kappa shape index (κ2) is 7.74. The van der Waals surface area contributed by atoms with Crippen LogP contribution in [-0.2, 0) is 4.79 Å². The Morgan fingerprint density at radius 3 is 2.08 bits per heavy atom. The number of aryl methyl sites for hydroxylation is 2. The summed E-state index contributed by atoms with van der Waals surface area (Å²) >= 11 is 1.58. The molecular formula is C17H19N3O3S. The Morgan fingerprint density at radius 2 is 1.58 bits per heavy atom. The maximum Gasteiger partial charge on any atom is 0.316 e. The summed E-state index contributed by atoms with van der Waals surface area (Å²) in [6.45, 7) is 3.87. The van der Waals surface area contributed by atoms with Crippen LogP contribution in [0.15, 0.2) is 30.3 Å². The second-order valence-electron chi connectivity index (χ2n) is 5.36. The van der Waals surface area contributed by atoms with E-state index >= 15 is 0 Å². The quantitative estimate of drug-likeness (QED) is 0.699. The summed E-state index contributed by atoms with van der Waals surface area (Å²) in [5, 5.41) is 5.15. The zero-order valence-corrected chi connectivity index (χ0v) is 14.3. The van der Waals surface area contributed by atoms with Gasteiger partial charge in [-0.15, -0.1) is 11.3 Å². The molecule has 0 aliphatic carbocycles. The van der Waals surface area contributed by atoms with Gasteiger partial charge in [-0.2, -0.15) is 0 Å². The van der Waals surface area contributed by atoms with Crippen molar-refractivity contribution in [3.63, 3.8) is 0 Å². The lowest BCUT2D eigenvalue weighted by atomic mass is 10.1. The molecule has 0 saturated heterocycles. The predicted molar refractivity (Wildman–Crippen MR) is 95.6 cm³/mol. The molecule has 0 unspecified atom stereocenters. The Morgan fingerprint density at radius 1 is 1.00 bits per heavy atom. The number of carbonyl (C=O) groups is 3. The monoisotopic (exact) mass is 345 g/mol. The Bertz CT molecular complexity index is 766. The number of nitrogens with one attached hydrogen (secondary N) is 2. The summed E-state index contributed by atoms with van der Waals surface area (Å²) in [5.74, 6) is -0.253. The summed E-state index contributed by atoms with van der Waals surface area (Å²) in [6.07, 6.45) is 0.290. The van der Waals surface area contributed by atoms with Crippen molar-refractivity contribution in [2.24, 2.45) is 5.73 Å². The van der Waals surface area contributed by atoms with Gasteiger partial charge in [-0.05, 0) is 44.2 Å². The van der Waals surface area contributed by atoms with Gasteiger partial charge >= 0.3 is 6.03 Å². The minimum atomic E-state index is -0.649. The average Bonchev–Trinajstić information content (AvgIpc) is 2.85. The maximum absolute atomic E-state index is 12.2. The Balaban J connectivity index is 1.86. The summed E-state index contributed by atoms with van der Waals surface area (Å²) in [4.78, 5) is 36.9. The highest BCUT2D eigenvalue weighted by Gasteiger charge is 2.13.